The van der Waals surface area contributed by atoms with Gasteiger partial charge in [-0.1, -0.05) is 17.7 Å². The van der Waals surface area contributed by atoms with E-state index < -0.39 is 34.5 Å². The highest BCUT2D eigenvalue weighted by Gasteiger charge is 2.40. The maximum atomic E-state index is 12.4. The zero-order chi connectivity index (χ0) is 13.4. The Morgan fingerprint density at radius 2 is 1.56 bits per heavy atom. The molecule has 0 heterocycles. The van der Waals surface area contributed by atoms with E-state index in [9.17, 15) is 26.3 Å². The Morgan fingerprint density at radius 3 is 1.94 bits per heavy atom. The Balaban J connectivity index is 0.00000289. The number of alkyl halides is 6. The van der Waals surface area contributed by atoms with Crippen molar-refractivity contribution < 1.29 is 26.3 Å². The number of hydrogen-bond acceptors (Lipinski definition) is 1. The largest absolute Gasteiger partial charge is 0.417 e. The van der Waals surface area contributed by atoms with E-state index >= 15 is 0 Å². The Labute approximate surface area is 109 Å². The molecular formula is C9H7Cl2F6N. The number of benzene rings is 1. The molecule has 0 unspecified atom stereocenters. The summed E-state index contributed by atoms with van der Waals surface area (Å²) in [6, 6.07) is -0.609. The van der Waals surface area contributed by atoms with Crippen LogP contribution in [0.2, 0.25) is 5.02 Å². The molecule has 0 bridgehead atoms. The van der Waals surface area contributed by atoms with Crippen LogP contribution in [-0.2, 0) is 6.18 Å². The first-order valence-electron chi connectivity index (χ1n) is 4.22. The molecule has 1 rings (SSSR count). The summed E-state index contributed by atoms with van der Waals surface area (Å²) < 4.78 is 73.8. The summed E-state index contributed by atoms with van der Waals surface area (Å²) in [6.07, 6.45) is -9.63. The lowest BCUT2D eigenvalue weighted by Gasteiger charge is -2.18. The molecule has 0 radical (unpaired) electrons. The minimum absolute atomic E-state index is 0. The first-order valence-corrected chi connectivity index (χ1v) is 4.60. The number of nitrogens with two attached hydrogens (primary N) is 1. The fourth-order valence-electron chi connectivity index (χ4n) is 1.14. The van der Waals surface area contributed by atoms with Gasteiger partial charge >= 0.3 is 12.4 Å². The zero-order valence-corrected chi connectivity index (χ0v) is 10.0. The smallest absolute Gasteiger partial charge is 0.316 e. The van der Waals surface area contributed by atoms with E-state index in [0.29, 0.717) is 6.07 Å². The maximum absolute atomic E-state index is 12.4. The molecule has 18 heavy (non-hydrogen) atoms. The van der Waals surface area contributed by atoms with Crippen molar-refractivity contribution in [2.75, 3.05) is 0 Å². The van der Waals surface area contributed by atoms with Gasteiger partial charge in [-0.15, -0.1) is 12.4 Å². The van der Waals surface area contributed by atoms with Crippen LogP contribution in [0.15, 0.2) is 18.2 Å². The van der Waals surface area contributed by atoms with Crippen LogP contribution >= 0.6 is 24.0 Å². The molecule has 104 valence electrons. The molecule has 0 saturated carbocycles. The van der Waals surface area contributed by atoms with Crippen molar-refractivity contribution in [2.24, 2.45) is 5.73 Å². The summed E-state index contributed by atoms with van der Waals surface area (Å²) in [4.78, 5) is 0. The Kier molecular flexibility index (Phi) is 5.34. The van der Waals surface area contributed by atoms with Crippen LogP contribution in [0.5, 0.6) is 0 Å². The molecule has 0 spiro atoms. The third kappa shape index (κ3) is 3.93. The Hall–Kier alpha value is -0.660. The zero-order valence-electron chi connectivity index (χ0n) is 8.44. The second-order valence-corrected chi connectivity index (χ2v) is 3.66. The van der Waals surface area contributed by atoms with E-state index in [0.717, 1.165) is 12.1 Å². The molecule has 1 nitrogen and oxygen atoms in total. The Morgan fingerprint density at radius 1 is 1.06 bits per heavy atom. The first-order chi connectivity index (χ1) is 7.53. The summed E-state index contributed by atoms with van der Waals surface area (Å²) in [5.74, 6) is 0. The van der Waals surface area contributed by atoms with Crippen molar-refractivity contribution in [2.45, 2.75) is 18.4 Å². The van der Waals surface area contributed by atoms with Crippen LogP contribution in [-0.4, -0.2) is 6.18 Å². The van der Waals surface area contributed by atoms with Gasteiger partial charge in [-0.2, -0.15) is 26.3 Å². The van der Waals surface area contributed by atoms with Crippen molar-refractivity contribution in [3.05, 3.63) is 34.3 Å². The van der Waals surface area contributed by atoms with Gasteiger partial charge in [-0.05, 0) is 17.7 Å². The quantitative estimate of drug-likeness (QED) is 0.767. The third-order valence-electron chi connectivity index (χ3n) is 2.01. The van der Waals surface area contributed by atoms with E-state index in [1.54, 1.807) is 0 Å². The molecule has 1 aromatic carbocycles. The Bertz CT molecular complexity index is 414. The van der Waals surface area contributed by atoms with Crippen molar-refractivity contribution in [3.8, 4) is 0 Å². The van der Waals surface area contributed by atoms with Gasteiger partial charge in [0.2, 0.25) is 0 Å². The van der Waals surface area contributed by atoms with Gasteiger partial charge in [0.25, 0.3) is 0 Å². The molecule has 0 aromatic heterocycles. The highest BCUT2D eigenvalue weighted by atomic mass is 35.5. The second-order valence-electron chi connectivity index (χ2n) is 3.26. The molecular weight excluding hydrogens is 307 g/mol. The molecule has 0 aliphatic heterocycles. The number of rotatable bonds is 1. The van der Waals surface area contributed by atoms with Crippen LogP contribution in [0, 0.1) is 0 Å². The van der Waals surface area contributed by atoms with Gasteiger partial charge < -0.3 is 5.73 Å². The molecule has 0 fully saturated rings. The molecule has 1 aromatic rings. The normalized spacial score (nSPS) is 14.0. The maximum Gasteiger partial charge on any atom is 0.417 e. The first kappa shape index (κ1) is 17.3. The van der Waals surface area contributed by atoms with Crippen molar-refractivity contribution in [3.63, 3.8) is 0 Å². The summed E-state index contributed by atoms with van der Waals surface area (Å²) >= 11 is 5.26. The molecule has 0 aliphatic carbocycles. The average Bonchev–Trinajstić information content (AvgIpc) is 2.14. The van der Waals surface area contributed by atoms with E-state index in [-0.39, 0.29) is 12.4 Å². The molecule has 1 atom stereocenters. The summed E-state index contributed by atoms with van der Waals surface area (Å²) in [6.45, 7) is 0. The van der Waals surface area contributed by atoms with Gasteiger partial charge in [0.15, 0.2) is 0 Å². The van der Waals surface area contributed by atoms with E-state index in [1.807, 2.05) is 0 Å². The predicted molar refractivity (Wildman–Crippen MR) is 56.7 cm³/mol. The van der Waals surface area contributed by atoms with Gasteiger partial charge in [0.1, 0.15) is 6.04 Å². The fourth-order valence-corrected chi connectivity index (χ4v) is 1.37. The third-order valence-corrected chi connectivity index (χ3v) is 2.34. The van der Waals surface area contributed by atoms with E-state index in [1.165, 1.54) is 0 Å². The van der Waals surface area contributed by atoms with Gasteiger partial charge in [-0.25, -0.2) is 0 Å². The SMILES string of the molecule is Cl.N[C@H](c1ccc(Cl)c(C(F)(F)F)c1)C(F)(F)F. The van der Waals surface area contributed by atoms with Crippen LogP contribution < -0.4 is 5.73 Å². The highest BCUT2D eigenvalue weighted by Crippen LogP contribution is 2.38. The van der Waals surface area contributed by atoms with Crippen LogP contribution in [0.3, 0.4) is 0 Å². The van der Waals surface area contributed by atoms with Crippen molar-refractivity contribution in [1.29, 1.82) is 0 Å². The molecule has 0 amide bonds. The van der Waals surface area contributed by atoms with E-state index in [2.05, 4.69) is 0 Å². The highest BCUT2D eigenvalue weighted by molar-refractivity contribution is 6.31. The number of halogens is 8. The second kappa shape index (κ2) is 5.54. The minimum Gasteiger partial charge on any atom is -0.316 e. The summed E-state index contributed by atoms with van der Waals surface area (Å²) in [5, 5.41) is -0.671. The topological polar surface area (TPSA) is 26.0 Å². The molecule has 0 saturated heterocycles. The molecule has 2 N–H and O–H groups in total. The summed E-state index contributed by atoms with van der Waals surface area (Å²) in [7, 11) is 0. The van der Waals surface area contributed by atoms with Crippen molar-refractivity contribution in [1.82, 2.24) is 0 Å². The van der Waals surface area contributed by atoms with Gasteiger partial charge in [0.05, 0.1) is 10.6 Å². The minimum atomic E-state index is -4.82. The van der Waals surface area contributed by atoms with Gasteiger partial charge in [0, 0.05) is 0 Å². The fraction of sp³-hybridized carbons (Fsp3) is 0.333. The van der Waals surface area contributed by atoms with E-state index in [4.69, 9.17) is 17.3 Å². The average molecular weight is 314 g/mol. The predicted octanol–water partition coefficient (Wildman–Crippen LogP) is 4.34. The lowest BCUT2D eigenvalue weighted by Crippen LogP contribution is -2.28. The number of hydrogen-bond donors (Lipinski definition) is 1. The lowest BCUT2D eigenvalue weighted by atomic mass is 10.0. The van der Waals surface area contributed by atoms with Gasteiger partial charge in [-0.3, -0.25) is 0 Å². The summed E-state index contributed by atoms with van der Waals surface area (Å²) in [5.41, 5.74) is 2.78. The van der Waals surface area contributed by atoms with Crippen LogP contribution in [0.4, 0.5) is 26.3 Å². The monoisotopic (exact) mass is 313 g/mol. The van der Waals surface area contributed by atoms with Crippen LogP contribution in [0.1, 0.15) is 17.2 Å². The molecule has 9 heteroatoms. The van der Waals surface area contributed by atoms with Crippen LogP contribution in [0.25, 0.3) is 0 Å². The standard InChI is InChI=1S/C9H6ClF6N.ClH/c10-6-2-1-4(7(17)9(14,15)16)3-5(6)8(11,12)13;/h1-3,7H,17H2;1H/t7-;/m1./s1. The van der Waals surface area contributed by atoms with Crippen molar-refractivity contribution >= 4 is 24.0 Å². The molecule has 0 aliphatic rings. The lowest BCUT2D eigenvalue weighted by molar-refractivity contribution is -0.150.